The topological polar surface area (TPSA) is 44.4 Å². The predicted octanol–water partition coefficient (Wildman–Crippen LogP) is -0.728. The second kappa shape index (κ2) is 4.58. The summed E-state index contributed by atoms with van der Waals surface area (Å²) in [6.45, 7) is 4.59. The van der Waals surface area contributed by atoms with Crippen molar-refractivity contribution in [3.8, 4) is 0 Å². The van der Waals surface area contributed by atoms with E-state index in [0.29, 0.717) is 0 Å². The standard InChI is InChI=1S/C9H19N3O/c1-7(6-12(2)3)11-9(13)8-4-10-5-8/h7-8,10H,4-6H2,1-3H3,(H,11,13). The van der Waals surface area contributed by atoms with Crippen LogP contribution in [0.1, 0.15) is 6.92 Å². The highest BCUT2D eigenvalue weighted by molar-refractivity contribution is 5.80. The van der Waals surface area contributed by atoms with Gasteiger partial charge in [0.05, 0.1) is 5.92 Å². The van der Waals surface area contributed by atoms with Gasteiger partial charge < -0.3 is 15.5 Å². The van der Waals surface area contributed by atoms with Crippen LogP contribution in [0.15, 0.2) is 0 Å². The van der Waals surface area contributed by atoms with Crippen molar-refractivity contribution < 1.29 is 4.79 Å². The molecule has 0 aliphatic carbocycles. The van der Waals surface area contributed by atoms with Gasteiger partial charge in [0, 0.05) is 25.7 Å². The van der Waals surface area contributed by atoms with E-state index < -0.39 is 0 Å². The molecule has 2 N–H and O–H groups in total. The number of amides is 1. The van der Waals surface area contributed by atoms with Crippen molar-refractivity contribution in [2.45, 2.75) is 13.0 Å². The van der Waals surface area contributed by atoms with Gasteiger partial charge >= 0.3 is 0 Å². The fourth-order valence-electron chi connectivity index (χ4n) is 1.43. The molecular formula is C9H19N3O. The molecule has 0 bridgehead atoms. The number of rotatable bonds is 4. The molecule has 1 unspecified atom stereocenters. The second-order valence-electron chi connectivity index (χ2n) is 4.03. The zero-order valence-corrected chi connectivity index (χ0v) is 8.63. The third-order valence-electron chi connectivity index (χ3n) is 2.18. The maximum atomic E-state index is 11.4. The van der Waals surface area contributed by atoms with Crippen molar-refractivity contribution in [3.63, 3.8) is 0 Å². The minimum atomic E-state index is 0.188. The summed E-state index contributed by atoms with van der Waals surface area (Å²) in [5.41, 5.74) is 0. The summed E-state index contributed by atoms with van der Waals surface area (Å²) in [6, 6.07) is 0.239. The van der Waals surface area contributed by atoms with E-state index in [1.165, 1.54) is 0 Å². The first-order valence-electron chi connectivity index (χ1n) is 4.75. The summed E-state index contributed by atoms with van der Waals surface area (Å²) in [4.78, 5) is 13.5. The highest BCUT2D eigenvalue weighted by Crippen LogP contribution is 2.02. The lowest BCUT2D eigenvalue weighted by molar-refractivity contribution is -0.127. The van der Waals surface area contributed by atoms with Crippen LogP contribution in [0.5, 0.6) is 0 Å². The highest BCUT2D eigenvalue weighted by Gasteiger charge is 2.25. The average Bonchev–Trinajstić information content (AvgIpc) is 1.78. The number of likely N-dealkylation sites (N-methyl/N-ethyl adjacent to an activating group) is 1. The third kappa shape index (κ3) is 3.32. The average molecular weight is 185 g/mol. The molecule has 1 aliphatic rings. The van der Waals surface area contributed by atoms with Crippen LogP contribution in [-0.4, -0.2) is 50.6 Å². The third-order valence-corrected chi connectivity index (χ3v) is 2.18. The van der Waals surface area contributed by atoms with Gasteiger partial charge in [0.15, 0.2) is 0 Å². The minimum Gasteiger partial charge on any atom is -0.352 e. The predicted molar refractivity (Wildman–Crippen MR) is 52.5 cm³/mol. The number of carbonyl (C=O) groups is 1. The van der Waals surface area contributed by atoms with E-state index in [0.717, 1.165) is 19.6 Å². The number of carbonyl (C=O) groups excluding carboxylic acids is 1. The van der Waals surface area contributed by atoms with Gasteiger partial charge in [0.2, 0.25) is 5.91 Å². The van der Waals surface area contributed by atoms with Gasteiger partial charge in [-0.25, -0.2) is 0 Å². The van der Waals surface area contributed by atoms with Crippen LogP contribution < -0.4 is 10.6 Å². The number of hydrogen-bond acceptors (Lipinski definition) is 3. The van der Waals surface area contributed by atoms with Gasteiger partial charge in [-0.05, 0) is 21.0 Å². The normalized spacial score (nSPS) is 19.7. The fourth-order valence-corrected chi connectivity index (χ4v) is 1.43. The molecule has 1 atom stereocenters. The van der Waals surface area contributed by atoms with Crippen LogP contribution >= 0.6 is 0 Å². The Kier molecular flexibility index (Phi) is 3.69. The Labute approximate surface area is 79.7 Å². The molecule has 1 saturated heterocycles. The first-order chi connectivity index (χ1) is 6.09. The summed E-state index contributed by atoms with van der Waals surface area (Å²) in [6.07, 6.45) is 0. The summed E-state index contributed by atoms with van der Waals surface area (Å²) >= 11 is 0. The molecule has 0 radical (unpaired) electrons. The smallest absolute Gasteiger partial charge is 0.225 e. The van der Waals surface area contributed by atoms with Crippen LogP contribution in [0, 0.1) is 5.92 Å². The molecule has 13 heavy (non-hydrogen) atoms. The van der Waals surface area contributed by atoms with Gasteiger partial charge in [-0.1, -0.05) is 0 Å². The molecule has 76 valence electrons. The van der Waals surface area contributed by atoms with Crippen LogP contribution in [0.4, 0.5) is 0 Å². The molecule has 0 aromatic carbocycles. The second-order valence-corrected chi connectivity index (χ2v) is 4.03. The van der Waals surface area contributed by atoms with Crippen LogP contribution in [0.25, 0.3) is 0 Å². The van der Waals surface area contributed by atoms with E-state index >= 15 is 0 Å². The zero-order valence-electron chi connectivity index (χ0n) is 8.63. The first kappa shape index (κ1) is 10.5. The Morgan fingerprint density at radius 2 is 2.23 bits per heavy atom. The number of nitrogens with zero attached hydrogens (tertiary/aromatic N) is 1. The summed E-state index contributed by atoms with van der Waals surface area (Å²) in [7, 11) is 4.01. The van der Waals surface area contributed by atoms with Crippen molar-refractivity contribution in [2.75, 3.05) is 33.7 Å². The van der Waals surface area contributed by atoms with Crippen LogP contribution in [-0.2, 0) is 4.79 Å². The molecule has 0 saturated carbocycles. The molecule has 1 aliphatic heterocycles. The molecule has 0 spiro atoms. The summed E-state index contributed by atoms with van der Waals surface area (Å²) in [5.74, 6) is 0.387. The van der Waals surface area contributed by atoms with Crippen molar-refractivity contribution in [3.05, 3.63) is 0 Å². The van der Waals surface area contributed by atoms with E-state index in [9.17, 15) is 4.79 Å². The maximum Gasteiger partial charge on any atom is 0.225 e. The van der Waals surface area contributed by atoms with E-state index in [1.807, 2.05) is 21.0 Å². The lowest BCUT2D eigenvalue weighted by Crippen LogP contribution is -2.53. The van der Waals surface area contributed by atoms with Gasteiger partial charge in [-0.15, -0.1) is 0 Å². The Morgan fingerprint density at radius 3 is 2.62 bits per heavy atom. The SMILES string of the molecule is CC(CN(C)C)NC(=O)C1CNC1. The van der Waals surface area contributed by atoms with Gasteiger partial charge in [-0.2, -0.15) is 0 Å². The van der Waals surface area contributed by atoms with E-state index in [-0.39, 0.29) is 17.9 Å². The van der Waals surface area contributed by atoms with Crippen molar-refractivity contribution in [1.82, 2.24) is 15.5 Å². The highest BCUT2D eigenvalue weighted by atomic mass is 16.2. The molecule has 0 aromatic rings. The fraction of sp³-hybridized carbons (Fsp3) is 0.889. The lowest BCUT2D eigenvalue weighted by Gasteiger charge is -2.28. The molecule has 1 fully saturated rings. The zero-order chi connectivity index (χ0) is 9.84. The van der Waals surface area contributed by atoms with Gasteiger partial charge in [-0.3, -0.25) is 4.79 Å². The first-order valence-corrected chi connectivity index (χ1v) is 4.75. The van der Waals surface area contributed by atoms with E-state index in [4.69, 9.17) is 0 Å². The van der Waals surface area contributed by atoms with Gasteiger partial charge in [0.1, 0.15) is 0 Å². The maximum absolute atomic E-state index is 11.4. The quantitative estimate of drug-likeness (QED) is 0.607. The number of nitrogens with one attached hydrogen (secondary N) is 2. The molecular weight excluding hydrogens is 166 g/mol. The summed E-state index contributed by atoms with van der Waals surface area (Å²) < 4.78 is 0. The molecule has 1 amide bonds. The van der Waals surface area contributed by atoms with Gasteiger partial charge in [0.25, 0.3) is 0 Å². The monoisotopic (exact) mass is 185 g/mol. The largest absolute Gasteiger partial charge is 0.352 e. The van der Waals surface area contributed by atoms with E-state index in [1.54, 1.807) is 0 Å². The molecule has 1 rings (SSSR count). The molecule has 1 heterocycles. The van der Waals surface area contributed by atoms with Crippen molar-refractivity contribution in [1.29, 1.82) is 0 Å². The van der Waals surface area contributed by atoms with Crippen molar-refractivity contribution >= 4 is 5.91 Å². The lowest BCUT2D eigenvalue weighted by atomic mass is 10.0. The Bertz CT molecular complexity index is 178. The molecule has 4 heteroatoms. The minimum absolute atomic E-state index is 0.188. The summed E-state index contributed by atoms with van der Waals surface area (Å²) in [5, 5.41) is 6.08. The van der Waals surface area contributed by atoms with E-state index in [2.05, 4.69) is 15.5 Å². The Morgan fingerprint density at radius 1 is 1.62 bits per heavy atom. The van der Waals surface area contributed by atoms with Crippen LogP contribution in [0.2, 0.25) is 0 Å². The number of hydrogen-bond donors (Lipinski definition) is 2. The Hall–Kier alpha value is -0.610. The Balaban J connectivity index is 2.18. The van der Waals surface area contributed by atoms with Crippen LogP contribution in [0.3, 0.4) is 0 Å². The molecule has 4 nitrogen and oxygen atoms in total. The molecule has 0 aromatic heterocycles. The van der Waals surface area contributed by atoms with Crippen molar-refractivity contribution in [2.24, 2.45) is 5.92 Å².